The van der Waals surface area contributed by atoms with E-state index in [1.807, 2.05) is 0 Å². The largest absolute Gasteiger partial charge is 0.481 e. The first kappa shape index (κ1) is 93.2. The van der Waals surface area contributed by atoms with Crippen molar-refractivity contribution in [1.29, 1.82) is 0 Å². The summed E-state index contributed by atoms with van der Waals surface area (Å²) in [4.78, 5) is 241. The second kappa shape index (κ2) is 46.3. The predicted molar refractivity (Wildman–Crippen MR) is 383 cm³/mol. The van der Waals surface area contributed by atoms with Gasteiger partial charge in [0.15, 0.2) is 0 Å². The number of nitrogens with one attached hydrogen (secondary N) is 13. The molecule has 108 heavy (non-hydrogen) atoms. The lowest BCUT2D eigenvalue weighted by Gasteiger charge is -2.31. The molecule has 3 rings (SSSR count). The molecule has 0 saturated carbocycles. The number of hydrogen-bond donors (Lipinski definition) is 21. The Kier molecular flexibility index (Phi) is 40.0. The van der Waals surface area contributed by atoms with E-state index in [1.165, 1.54) is 23.5 Å². The number of aliphatic hydroxyl groups is 4. The molecule has 0 aliphatic carbocycles. The third kappa shape index (κ3) is 30.2. The van der Waals surface area contributed by atoms with Crippen LogP contribution in [0.2, 0.25) is 0 Å². The number of likely N-dealkylation sites (tertiary alicyclic amines) is 2. The van der Waals surface area contributed by atoms with Crippen molar-refractivity contribution in [1.82, 2.24) is 78.9 Å². The number of thioether (sulfide) groups is 2. The van der Waals surface area contributed by atoms with E-state index in [0.29, 0.717) is 18.7 Å². The highest BCUT2D eigenvalue weighted by Crippen LogP contribution is 2.23. The number of nitrogens with zero attached hydrogens (tertiary/aromatic N) is 2. The van der Waals surface area contributed by atoms with Gasteiger partial charge in [0.2, 0.25) is 88.6 Å². The summed E-state index contributed by atoms with van der Waals surface area (Å²) in [5.41, 5.74) is 5.42. The molecule has 3 heterocycles. The summed E-state index contributed by atoms with van der Waals surface area (Å²) in [6.45, 7) is 6.14. The Morgan fingerprint density at radius 1 is 0.444 bits per heavy atom. The first-order chi connectivity index (χ1) is 50.8. The summed E-state index contributed by atoms with van der Waals surface area (Å²) in [7, 11) is 0. The fraction of sp³-hybridized carbons (Fsp3) is 0.723. The topological polar surface area (TPSA) is 638 Å². The minimum absolute atomic E-state index is 0.0102. The molecule has 43 heteroatoms. The quantitative estimate of drug-likeness (QED) is 0.0269. The van der Waals surface area contributed by atoms with Crippen LogP contribution >= 0.6 is 23.5 Å². The Morgan fingerprint density at radius 3 is 1.37 bits per heavy atom. The average molecular weight is 1580 g/mol. The van der Waals surface area contributed by atoms with Gasteiger partial charge in [-0.25, -0.2) is 4.79 Å². The zero-order valence-electron chi connectivity index (χ0n) is 61.5. The molecule has 3 fully saturated rings. The van der Waals surface area contributed by atoms with E-state index in [0.717, 1.165) is 43.9 Å². The normalized spacial score (nSPS) is 19.3. The maximum Gasteiger partial charge on any atom is 0.326 e. The van der Waals surface area contributed by atoms with Gasteiger partial charge in [-0.3, -0.25) is 81.5 Å². The number of carbonyl (C=O) groups excluding carboxylic acids is 15. The van der Waals surface area contributed by atoms with Crippen molar-refractivity contribution in [2.45, 2.75) is 234 Å². The molecule has 3 aliphatic rings. The summed E-state index contributed by atoms with van der Waals surface area (Å²) in [6, 6.07) is -21.0. The van der Waals surface area contributed by atoms with Crippen LogP contribution in [0.5, 0.6) is 0 Å². The molecule has 0 spiro atoms. The lowest BCUT2D eigenvalue weighted by atomic mass is 10.0. The van der Waals surface area contributed by atoms with E-state index in [1.54, 1.807) is 26.4 Å². The highest BCUT2D eigenvalue weighted by atomic mass is 32.2. The molecule has 17 atom stereocenters. The number of carboxylic acids is 3. The van der Waals surface area contributed by atoms with E-state index in [2.05, 4.69) is 69.1 Å². The summed E-state index contributed by atoms with van der Waals surface area (Å²) in [5, 5.41) is 102. The minimum atomic E-state index is -2.01. The van der Waals surface area contributed by atoms with Crippen molar-refractivity contribution >= 4 is 130 Å². The summed E-state index contributed by atoms with van der Waals surface area (Å²) in [5.74, 6) is -18.9. The molecule has 3 saturated heterocycles. The maximum absolute atomic E-state index is 14.4. The van der Waals surface area contributed by atoms with Crippen LogP contribution in [0.25, 0.3) is 0 Å². The minimum Gasteiger partial charge on any atom is -0.481 e. The van der Waals surface area contributed by atoms with Gasteiger partial charge in [0, 0.05) is 32.4 Å². The number of aliphatic hydroxyl groups excluding tert-OH is 4. The lowest BCUT2D eigenvalue weighted by molar-refractivity contribution is -0.146. The molecule has 0 unspecified atom stereocenters. The van der Waals surface area contributed by atoms with Crippen LogP contribution in [-0.2, 0) is 86.3 Å². The Balaban J connectivity index is 1.69. The molecule has 22 N–H and O–H groups in total. The molecule has 608 valence electrons. The average Bonchev–Trinajstić information content (AvgIpc) is 1.64. The third-order valence-electron chi connectivity index (χ3n) is 17.8. The van der Waals surface area contributed by atoms with Crippen LogP contribution in [0.1, 0.15) is 131 Å². The van der Waals surface area contributed by atoms with Crippen LogP contribution in [0.3, 0.4) is 0 Å². The molecule has 0 radical (unpaired) electrons. The van der Waals surface area contributed by atoms with Crippen molar-refractivity contribution in [2.24, 2.45) is 11.7 Å². The number of nitrogens with two attached hydrogens (primary N) is 1. The van der Waals surface area contributed by atoms with Crippen molar-refractivity contribution < 1.29 is 122 Å². The van der Waals surface area contributed by atoms with Gasteiger partial charge in [0.25, 0.3) is 0 Å². The number of carboxylic acid groups (broad SMARTS) is 3. The Bertz CT molecular complexity index is 3200. The Labute approximate surface area is 631 Å². The third-order valence-corrected chi connectivity index (χ3v) is 19.1. The summed E-state index contributed by atoms with van der Waals surface area (Å²) < 4.78 is 0. The number of carbonyl (C=O) groups is 18. The molecule has 41 nitrogen and oxygen atoms in total. The van der Waals surface area contributed by atoms with Gasteiger partial charge in [-0.15, -0.1) is 0 Å². The molecular weight excluding hydrogens is 1470 g/mol. The zero-order valence-corrected chi connectivity index (χ0v) is 63.1. The number of amides is 15. The lowest BCUT2D eigenvalue weighted by Crippen LogP contribution is -2.62. The van der Waals surface area contributed by atoms with Crippen molar-refractivity contribution in [3.8, 4) is 0 Å². The molecule has 0 aromatic carbocycles. The molecule has 0 bridgehead atoms. The standard InChI is InChI=1S/C65H106N16O25S2/c1-30(2)48(76-53(93)35-12-9-23-67-35)61(101)72-36(15-18-44(66)86)54(94)73-39(22-27-108-8)63(103)80-24-10-14-43(80)59(99)78-50(33(5)84)62(102)69-31(3)52(92)71-37(16-19-46(88)89)55(95)75-41(29-82)57(97)77-49(32(4)83)60(100)68-28-45(87)70-38(21-26-107-7)56(96)79-51(34(6)85)64(104)81-25-11-13-42(81)58(98)74-40(65(105)106)17-20-47(90)91/h30-43,48-51,67,82-85H,9-29H2,1-8H3,(H2,66,86)(H,68,100)(H,69,102)(H,70,87)(H,71,92)(H,72,101)(H,73,94)(H,74,98)(H,75,95)(H,76,93)(H,77,97)(H,78,99)(H,79,96)(H,88,89)(H,90,91)(H,105,106)/t31-,32+,33+,34+,35-,36-,37-,38-,39-,40-,41-,42-,43-,48-,49-,50-,51-/m0/s1. The first-order valence-electron chi connectivity index (χ1n) is 35.3. The van der Waals surface area contributed by atoms with E-state index in [-0.39, 0.29) is 70.2 Å². The number of primary amides is 1. The van der Waals surface area contributed by atoms with Gasteiger partial charge < -0.3 is 120 Å². The van der Waals surface area contributed by atoms with Crippen molar-refractivity contribution in [3.63, 3.8) is 0 Å². The highest BCUT2D eigenvalue weighted by Gasteiger charge is 2.44. The number of aliphatic carboxylic acids is 3. The molecular formula is C65H106N16O25S2. The van der Waals surface area contributed by atoms with Gasteiger partial charge in [-0.2, -0.15) is 23.5 Å². The van der Waals surface area contributed by atoms with Crippen LogP contribution in [0.4, 0.5) is 0 Å². The monoisotopic (exact) mass is 1570 g/mol. The summed E-state index contributed by atoms with van der Waals surface area (Å²) in [6.07, 6.45) is -3.08. The molecule has 3 aliphatic heterocycles. The van der Waals surface area contributed by atoms with E-state index in [9.17, 15) is 117 Å². The first-order valence-corrected chi connectivity index (χ1v) is 38.1. The predicted octanol–water partition coefficient (Wildman–Crippen LogP) is -8.43. The molecule has 15 amide bonds. The maximum atomic E-state index is 14.4. The second-order valence-corrected chi connectivity index (χ2v) is 28.7. The van der Waals surface area contributed by atoms with Gasteiger partial charge in [-0.1, -0.05) is 13.8 Å². The Morgan fingerprint density at radius 2 is 0.880 bits per heavy atom. The second-order valence-electron chi connectivity index (χ2n) is 26.8. The van der Waals surface area contributed by atoms with Crippen LogP contribution < -0.4 is 74.9 Å². The fourth-order valence-electron chi connectivity index (χ4n) is 11.7. The van der Waals surface area contributed by atoms with Crippen molar-refractivity contribution in [2.75, 3.05) is 56.8 Å². The van der Waals surface area contributed by atoms with Crippen LogP contribution in [0.15, 0.2) is 0 Å². The van der Waals surface area contributed by atoms with E-state index < -0.39 is 254 Å². The van der Waals surface area contributed by atoms with Crippen molar-refractivity contribution in [3.05, 3.63) is 0 Å². The highest BCUT2D eigenvalue weighted by molar-refractivity contribution is 7.98. The Hall–Kier alpha value is -9.04. The van der Waals surface area contributed by atoms with Crippen LogP contribution in [0, 0.1) is 5.92 Å². The summed E-state index contributed by atoms with van der Waals surface area (Å²) >= 11 is 2.56. The van der Waals surface area contributed by atoms with Gasteiger partial charge >= 0.3 is 17.9 Å². The number of hydrogen-bond acceptors (Lipinski definition) is 25. The van der Waals surface area contributed by atoms with Crippen LogP contribution in [-0.4, -0.2) is 312 Å². The zero-order chi connectivity index (χ0) is 81.4. The van der Waals surface area contributed by atoms with E-state index >= 15 is 0 Å². The smallest absolute Gasteiger partial charge is 0.326 e. The van der Waals surface area contributed by atoms with E-state index in [4.69, 9.17) is 10.8 Å². The molecule has 0 aromatic heterocycles. The molecule has 0 aromatic rings. The SMILES string of the molecule is CSCC[C@H](NC(=O)CNC(=O)[C@@H](NC(=O)[C@H](CO)NC(=O)[C@H](CCC(=O)O)NC(=O)[C@H](C)NC(=O)[C@@H](NC(=O)[C@@H]1CCCN1C(=O)[C@H](CCSC)NC(=O)[C@H](CCC(N)=O)NC(=O)[C@@H](NC(=O)[C@@H]1CCCN1)C(C)C)[C@@H](C)O)[C@@H](C)O)C(=O)N[C@H](C(=O)N1CCC[C@H]1C(=O)N[C@@H](CCC(=O)O)C(=O)O)[C@@H](C)O. The van der Waals surface area contributed by atoms with Gasteiger partial charge in [-0.05, 0) is 135 Å². The van der Waals surface area contributed by atoms with Gasteiger partial charge in [0.05, 0.1) is 37.5 Å². The van der Waals surface area contributed by atoms with Gasteiger partial charge in [0.1, 0.15) is 78.5 Å². The fourth-order valence-corrected chi connectivity index (χ4v) is 12.7. The number of rotatable bonds is 47.